The molecule has 102 valence electrons. The average molecular weight is 308 g/mol. The van der Waals surface area contributed by atoms with Gasteiger partial charge in [-0.3, -0.25) is 0 Å². The molecule has 0 amide bonds. The molecule has 0 unspecified atom stereocenters. The second-order valence-corrected chi connectivity index (χ2v) is 5.44. The normalized spacial score (nSPS) is 10.7. The van der Waals surface area contributed by atoms with E-state index in [0.717, 1.165) is 16.4 Å². The van der Waals surface area contributed by atoms with Crippen molar-refractivity contribution in [3.05, 3.63) is 34.0 Å². The first-order valence-corrected chi connectivity index (χ1v) is 7.21. The smallest absolute Gasteiger partial charge is 0.352 e. The molecule has 20 heavy (non-hydrogen) atoms. The molecule has 3 aromatic rings. The first-order valence-electron chi connectivity index (χ1n) is 5.56. The summed E-state index contributed by atoms with van der Waals surface area (Å²) in [6.07, 6.45) is 0. The van der Waals surface area contributed by atoms with Crippen LogP contribution >= 0.6 is 22.9 Å². The minimum Gasteiger partial charge on any atom is -0.451 e. The topological polar surface area (TPSA) is 91.0 Å². The Morgan fingerprint density at radius 1 is 1.40 bits per heavy atom. The van der Waals surface area contributed by atoms with E-state index in [-0.39, 0.29) is 12.5 Å². The number of nitrogens with zero attached hydrogens (tertiary/aromatic N) is 4. The number of ether oxygens (including phenoxy) is 1. The molecule has 0 N–H and O–H groups in total. The van der Waals surface area contributed by atoms with Crippen molar-refractivity contribution >= 4 is 28.8 Å². The Morgan fingerprint density at radius 2 is 2.30 bits per heavy atom. The van der Waals surface area contributed by atoms with Gasteiger partial charge in [-0.2, -0.15) is 0 Å². The molecule has 0 aliphatic heterocycles. The Labute approximate surface area is 121 Å². The molecule has 0 saturated carbocycles. The maximum Gasteiger partial charge on any atom is 0.352 e. The minimum absolute atomic E-state index is 0.0749. The first-order chi connectivity index (χ1) is 9.74. The number of hydrogen-bond acceptors (Lipinski definition) is 9. The van der Waals surface area contributed by atoms with Crippen LogP contribution in [-0.2, 0) is 11.3 Å². The number of thiophene rings is 1. The highest BCUT2D eigenvalue weighted by Crippen LogP contribution is 2.23. The Morgan fingerprint density at radius 3 is 3.00 bits per heavy atom. The molecular weight excluding hydrogens is 300 g/mol. The van der Waals surface area contributed by atoms with Gasteiger partial charge in [0.15, 0.2) is 11.5 Å². The van der Waals surface area contributed by atoms with E-state index in [9.17, 15) is 4.79 Å². The lowest BCUT2D eigenvalue weighted by Crippen LogP contribution is -2.05. The molecule has 0 spiro atoms. The molecule has 0 aromatic carbocycles. The van der Waals surface area contributed by atoms with Gasteiger partial charge in [-0.25, -0.2) is 4.79 Å². The maximum atomic E-state index is 11.8. The SMILES string of the molecule is Cc1nnsc1C(=O)OCc1nnc(-c2cccs2)o1. The highest BCUT2D eigenvalue weighted by Gasteiger charge is 2.16. The summed E-state index contributed by atoms with van der Waals surface area (Å²) in [6, 6.07) is 3.77. The molecular formula is C11H8N4O3S2. The average Bonchev–Trinajstić information content (AvgIpc) is 3.16. The Kier molecular flexibility index (Phi) is 3.52. The van der Waals surface area contributed by atoms with Crippen molar-refractivity contribution in [2.24, 2.45) is 0 Å². The van der Waals surface area contributed by atoms with E-state index >= 15 is 0 Å². The van der Waals surface area contributed by atoms with Gasteiger partial charge in [-0.15, -0.1) is 26.6 Å². The van der Waals surface area contributed by atoms with Crippen molar-refractivity contribution in [1.82, 2.24) is 19.8 Å². The number of rotatable bonds is 4. The standard InChI is InChI=1S/C11H8N4O3S2/c1-6-9(20-15-12-6)11(16)17-5-8-13-14-10(18-8)7-3-2-4-19-7/h2-4H,5H2,1H3. The van der Waals surface area contributed by atoms with E-state index in [2.05, 4.69) is 19.8 Å². The van der Waals surface area contributed by atoms with Crippen LogP contribution in [-0.4, -0.2) is 25.8 Å². The van der Waals surface area contributed by atoms with E-state index in [1.54, 1.807) is 6.92 Å². The lowest BCUT2D eigenvalue weighted by molar-refractivity contribution is 0.0443. The van der Waals surface area contributed by atoms with Crippen LogP contribution < -0.4 is 0 Å². The third-order valence-electron chi connectivity index (χ3n) is 2.36. The van der Waals surface area contributed by atoms with Crippen LogP contribution in [0.25, 0.3) is 10.8 Å². The highest BCUT2D eigenvalue weighted by atomic mass is 32.1. The van der Waals surface area contributed by atoms with Gasteiger partial charge < -0.3 is 9.15 Å². The van der Waals surface area contributed by atoms with Gasteiger partial charge >= 0.3 is 5.97 Å². The van der Waals surface area contributed by atoms with Crippen LogP contribution in [0, 0.1) is 6.92 Å². The highest BCUT2D eigenvalue weighted by molar-refractivity contribution is 7.13. The quantitative estimate of drug-likeness (QED) is 0.683. The second kappa shape index (κ2) is 5.47. The third-order valence-corrected chi connectivity index (χ3v) is 4.03. The second-order valence-electron chi connectivity index (χ2n) is 3.74. The van der Waals surface area contributed by atoms with Gasteiger partial charge in [0.2, 0.25) is 0 Å². The van der Waals surface area contributed by atoms with Crippen LogP contribution in [0.15, 0.2) is 21.9 Å². The zero-order valence-corrected chi connectivity index (χ0v) is 11.9. The van der Waals surface area contributed by atoms with E-state index in [1.165, 1.54) is 11.3 Å². The van der Waals surface area contributed by atoms with E-state index in [4.69, 9.17) is 9.15 Å². The van der Waals surface area contributed by atoms with Gasteiger partial charge in [-0.05, 0) is 29.9 Å². The zero-order valence-electron chi connectivity index (χ0n) is 10.3. The molecule has 0 aliphatic carbocycles. The number of hydrogen-bond donors (Lipinski definition) is 0. The Balaban J connectivity index is 1.65. The summed E-state index contributed by atoms with van der Waals surface area (Å²) in [6.45, 7) is 1.62. The van der Waals surface area contributed by atoms with Crippen LogP contribution in [0.4, 0.5) is 0 Å². The van der Waals surface area contributed by atoms with Crippen molar-refractivity contribution in [3.8, 4) is 10.8 Å². The minimum atomic E-state index is -0.492. The van der Waals surface area contributed by atoms with Crippen LogP contribution in [0.5, 0.6) is 0 Å². The number of aromatic nitrogens is 4. The molecule has 0 atom stereocenters. The maximum absolute atomic E-state index is 11.8. The number of aryl methyl sites for hydroxylation is 1. The summed E-state index contributed by atoms with van der Waals surface area (Å²) in [5, 5.41) is 13.4. The van der Waals surface area contributed by atoms with Crippen molar-refractivity contribution < 1.29 is 13.9 Å². The molecule has 0 radical (unpaired) electrons. The van der Waals surface area contributed by atoms with Crippen molar-refractivity contribution in [3.63, 3.8) is 0 Å². The molecule has 9 heteroatoms. The van der Waals surface area contributed by atoms with Crippen LogP contribution in [0.3, 0.4) is 0 Å². The summed E-state index contributed by atoms with van der Waals surface area (Å²) < 4.78 is 14.2. The van der Waals surface area contributed by atoms with E-state index in [1.807, 2.05) is 17.5 Å². The molecule has 3 rings (SSSR count). The monoisotopic (exact) mass is 308 g/mol. The fraction of sp³-hybridized carbons (Fsp3) is 0.182. The lowest BCUT2D eigenvalue weighted by Gasteiger charge is -1.98. The largest absolute Gasteiger partial charge is 0.451 e. The predicted octanol–water partition coefficient (Wildman–Crippen LogP) is 2.32. The first kappa shape index (κ1) is 12.9. The fourth-order valence-corrected chi connectivity index (χ4v) is 2.62. The summed E-state index contributed by atoms with van der Waals surface area (Å²) in [7, 11) is 0. The predicted molar refractivity (Wildman–Crippen MR) is 71.4 cm³/mol. The van der Waals surface area contributed by atoms with Crippen molar-refractivity contribution in [2.75, 3.05) is 0 Å². The van der Waals surface area contributed by atoms with Crippen LogP contribution in [0.1, 0.15) is 21.3 Å². The molecule has 3 aromatic heterocycles. The van der Waals surface area contributed by atoms with Gasteiger partial charge in [0.05, 0.1) is 10.6 Å². The Hall–Kier alpha value is -2.13. The molecule has 7 nitrogen and oxygen atoms in total. The Bertz CT molecular complexity index is 720. The molecule has 0 bridgehead atoms. The molecule has 3 heterocycles. The van der Waals surface area contributed by atoms with E-state index in [0.29, 0.717) is 16.5 Å². The van der Waals surface area contributed by atoms with Gasteiger partial charge in [0, 0.05) is 0 Å². The number of carbonyl (C=O) groups excluding carboxylic acids is 1. The van der Waals surface area contributed by atoms with Gasteiger partial charge in [0.1, 0.15) is 0 Å². The number of carbonyl (C=O) groups is 1. The summed E-state index contributed by atoms with van der Waals surface area (Å²) in [5.41, 5.74) is 0.546. The zero-order chi connectivity index (χ0) is 13.9. The lowest BCUT2D eigenvalue weighted by atomic mass is 10.4. The van der Waals surface area contributed by atoms with E-state index < -0.39 is 5.97 Å². The summed E-state index contributed by atoms with van der Waals surface area (Å²) in [4.78, 5) is 13.0. The fourth-order valence-electron chi connectivity index (χ4n) is 1.42. The van der Waals surface area contributed by atoms with Crippen molar-refractivity contribution in [1.29, 1.82) is 0 Å². The third kappa shape index (κ3) is 2.58. The van der Waals surface area contributed by atoms with Gasteiger partial charge in [-0.1, -0.05) is 10.6 Å². The van der Waals surface area contributed by atoms with Crippen molar-refractivity contribution in [2.45, 2.75) is 13.5 Å². The van der Waals surface area contributed by atoms with Crippen LogP contribution in [0.2, 0.25) is 0 Å². The van der Waals surface area contributed by atoms with Gasteiger partial charge in [0.25, 0.3) is 11.8 Å². The molecule has 0 fully saturated rings. The molecule has 0 saturated heterocycles. The summed E-state index contributed by atoms with van der Waals surface area (Å²) >= 11 is 2.49. The number of esters is 1. The molecule has 0 aliphatic rings. The summed E-state index contributed by atoms with van der Waals surface area (Å²) in [5.74, 6) is 0.173.